The molecule has 0 saturated heterocycles. The van der Waals surface area contributed by atoms with E-state index in [0.29, 0.717) is 12.4 Å². The highest BCUT2D eigenvalue weighted by atomic mass is 32.2. The number of hydrogen-bond acceptors (Lipinski definition) is 6. The molecule has 160 valence electrons. The Kier molecular flexibility index (Phi) is 5.07. The van der Waals surface area contributed by atoms with Crippen molar-refractivity contribution in [3.05, 3.63) is 90.5 Å². The first-order valence-electron chi connectivity index (χ1n) is 10.3. The lowest BCUT2D eigenvalue weighted by Gasteiger charge is -2.15. The molecule has 1 atom stereocenters. The Morgan fingerprint density at radius 2 is 1.56 bits per heavy atom. The minimum Gasteiger partial charge on any atom is -0.369 e. The van der Waals surface area contributed by atoms with Gasteiger partial charge in [-0.15, -0.1) is 5.10 Å². The second-order valence-corrected chi connectivity index (χ2v) is 9.48. The number of rotatable bonds is 6. The van der Waals surface area contributed by atoms with Crippen molar-refractivity contribution < 1.29 is 8.42 Å². The van der Waals surface area contributed by atoms with Gasteiger partial charge < -0.3 is 5.32 Å². The van der Waals surface area contributed by atoms with Gasteiger partial charge in [-0.3, -0.25) is 0 Å². The summed E-state index contributed by atoms with van der Waals surface area (Å²) >= 11 is 0. The summed E-state index contributed by atoms with van der Waals surface area (Å²) in [5.74, 6) is 0.839. The molecule has 32 heavy (non-hydrogen) atoms. The number of aromatic nitrogens is 4. The maximum atomic E-state index is 13.2. The predicted octanol–water partition coefficient (Wildman–Crippen LogP) is 4.33. The van der Waals surface area contributed by atoms with Crippen LogP contribution in [0.2, 0.25) is 0 Å². The monoisotopic (exact) mass is 443 g/mol. The van der Waals surface area contributed by atoms with Gasteiger partial charge in [0.25, 0.3) is 0 Å². The van der Waals surface area contributed by atoms with Crippen molar-refractivity contribution >= 4 is 32.2 Å². The lowest BCUT2D eigenvalue weighted by Crippen LogP contribution is -2.12. The first-order valence-corrected chi connectivity index (χ1v) is 11.8. The van der Waals surface area contributed by atoms with Crippen LogP contribution >= 0.6 is 0 Å². The number of nitrogens with zero attached hydrogens (tertiary/aromatic N) is 4. The van der Waals surface area contributed by atoms with E-state index >= 15 is 0 Å². The van der Waals surface area contributed by atoms with Crippen molar-refractivity contribution in [2.24, 2.45) is 0 Å². The zero-order valence-corrected chi connectivity index (χ0v) is 18.2. The number of anilines is 1. The zero-order valence-electron chi connectivity index (χ0n) is 17.4. The smallest absolute Gasteiger partial charge is 0.229 e. The van der Waals surface area contributed by atoms with E-state index in [1.807, 2.05) is 42.5 Å². The van der Waals surface area contributed by atoms with Crippen molar-refractivity contribution in [3.63, 3.8) is 0 Å². The Labute approximate surface area is 185 Å². The number of benzene rings is 3. The molecule has 0 amide bonds. The van der Waals surface area contributed by atoms with Crippen LogP contribution in [0.25, 0.3) is 16.6 Å². The Morgan fingerprint density at radius 3 is 2.31 bits per heavy atom. The van der Waals surface area contributed by atoms with Crippen molar-refractivity contribution in [2.75, 3.05) is 11.9 Å². The minimum absolute atomic E-state index is 0.157. The number of para-hydroxylation sites is 1. The molecular weight excluding hydrogens is 422 g/mol. The number of fused-ring (bicyclic) bond motifs is 3. The minimum atomic E-state index is -3.87. The zero-order chi connectivity index (χ0) is 22.1. The molecule has 0 aliphatic carbocycles. The molecule has 3 aromatic carbocycles. The van der Waals surface area contributed by atoms with Gasteiger partial charge in [0.1, 0.15) is 5.82 Å². The van der Waals surface area contributed by atoms with Gasteiger partial charge >= 0.3 is 0 Å². The van der Waals surface area contributed by atoms with E-state index < -0.39 is 9.84 Å². The molecule has 0 spiro atoms. The largest absolute Gasteiger partial charge is 0.369 e. The summed E-state index contributed by atoms with van der Waals surface area (Å²) in [7, 11) is -3.87. The molecule has 0 unspecified atom stereocenters. The van der Waals surface area contributed by atoms with Gasteiger partial charge in [-0.1, -0.05) is 72.8 Å². The number of sulfone groups is 1. The van der Waals surface area contributed by atoms with Gasteiger partial charge in [0, 0.05) is 11.9 Å². The van der Waals surface area contributed by atoms with Gasteiger partial charge in [0.05, 0.1) is 10.4 Å². The fourth-order valence-corrected chi connectivity index (χ4v) is 4.97. The summed E-state index contributed by atoms with van der Waals surface area (Å²) in [4.78, 5) is 4.83. The number of nitrogens with one attached hydrogen (secondary N) is 1. The summed E-state index contributed by atoms with van der Waals surface area (Å²) in [5, 5.41) is 12.2. The highest BCUT2D eigenvalue weighted by Gasteiger charge is 2.27. The van der Waals surface area contributed by atoms with Gasteiger partial charge in [0.15, 0.2) is 5.65 Å². The lowest BCUT2D eigenvalue weighted by atomic mass is 10.0. The molecule has 0 bridgehead atoms. The molecule has 5 rings (SSSR count). The van der Waals surface area contributed by atoms with Crippen molar-refractivity contribution in [1.29, 1.82) is 0 Å². The summed E-state index contributed by atoms with van der Waals surface area (Å²) < 4.78 is 27.9. The van der Waals surface area contributed by atoms with Crippen molar-refractivity contribution in [2.45, 2.75) is 22.8 Å². The molecule has 8 heteroatoms. The average Bonchev–Trinajstić information content (AvgIpc) is 3.28. The summed E-state index contributed by atoms with van der Waals surface area (Å²) in [6.07, 6.45) is 0. The van der Waals surface area contributed by atoms with E-state index in [4.69, 9.17) is 0 Å². The molecule has 2 heterocycles. The molecule has 2 aromatic heterocycles. The van der Waals surface area contributed by atoms with Crippen molar-refractivity contribution in [3.8, 4) is 0 Å². The molecule has 0 fully saturated rings. The molecule has 0 aliphatic heterocycles. The first kappa shape index (κ1) is 20.1. The lowest BCUT2D eigenvalue weighted by molar-refractivity contribution is 0.592. The number of hydrogen-bond donors (Lipinski definition) is 1. The van der Waals surface area contributed by atoms with E-state index in [0.717, 1.165) is 10.9 Å². The first-order chi connectivity index (χ1) is 15.6. The Hall–Kier alpha value is -3.78. The fourth-order valence-electron chi connectivity index (χ4n) is 3.71. The molecule has 0 saturated carbocycles. The molecule has 0 aliphatic rings. The SMILES string of the molecule is C[C@H](CNc1nc2c(S(=O)(=O)c3ccccc3)nnn2c2ccccc12)c1ccccc1. The molecule has 1 N–H and O–H groups in total. The van der Waals surface area contributed by atoms with Crippen LogP contribution in [0, 0.1) is 0 Å². The summed E-state index contributed by atoms with van der Waals surface area (Å²) in [5.41, 5.74) is 2.14. The van der Waals surface area contributed by atoms with Crippen LogP contribution in [0.15, 0.2) is 94.9 Å². The van der Waals surface area contributed by atoms with Crippen LogP contribution in [0.4, 0.5) is 5.82 Å². The van der Waals surface area contributed by atoms with Crippen molar-refractivity contribution in [1.82, 2.24) is 19.8 Å². The highest BCUT2D eigenvalue weighted by molar-refractivity contribution is 7.91. The second-order valence-electron chi connectivity index (χ2n) is 7.62. The van der Waals surface area contributed by atoms with E-state index in [1.165, 1.54) is 10.1 Å². The average molecular weight is 444 g/mol. The Bertz CT molecular complexity index is 1500. The Balaban J connectivity index is 1.61. The molecule has 7 nitrogen and oxygen atoms in total. The van der Waals surface area contributed by atoms with Crippen LogP contribution < -0.4 is 5.32 Å². The molecular formula is C24H21N5O2S. The summed E-state index contributed by atoms with van der Waals surface area (Å²) in [6.45, 7) is 2.77. The summed E-state index contributed by atoms with van der Waals surface area (Å²) in [6, 6.07) is 26.0. The van der Waals surface area contributed by atoms with Gasteiger partial charge in [-0.2, -0.15) is 4.52 Å². The van der Waals surface area contributed by atoms with Gasteiger partial charge in [0.2, 0.25) is 14.9 Å². The van der Waals surface area contributed by atoms with Crippen LogP contribution in [-0.2, 0) is 9.84 Å². The third-order valence-corrected chi connectivity index (χ3v) is 7.14. The van der Waals surface area contributed by atoms with Gasteiger partial charge in [-0.05, 0) is 35.7 Å². The maximum absolute atomic E-state index is 13.2. The van der Waals surface area contributed by atoms with Crippen LogP contribution in [0.5, 0.6) is 0 Å². The third kappa shape index (κ3) is 3.48. The molecule has 0 radical (unpaired) electrons. The van der Waals surface area contributed by atoms with E-state index in [2.05, 4.69) is 39.7 Å². The van der Waals surface area contributed by atoms with Crippen LogP contribution in [0.1, 0.15) is 18.4 Å². The molecule has 5 aromatic rings. The standard InChI is InChI=1S/C24H21N5O2S/c1-17(18-10-4-2-5-11-18)16-25-22-20-14-8-9-15-21(20)29-23(26-22)24(27-28-29)32(30,31)19-12-6-3-7-13-19/h2-15,17H,16H2,1H3,(H,25,26)/t17-/m1/s1. The highest BCUT2D eigenvalue weighted by Crippen LogP contribution is 2.28. The van der Waals surface area contributed by atoms with E-state index in [9.17, 15) is 8.42 Å². The van der Waals surface area contributed by atoms with Gasteiger partial charge in [-0.25, -0.2) is 13.4 Å². The van der Waals surface area contributed by atoms with E-state index in [-0.39, 0.29) is 21.5 Å². The van der Waals surface area contributed by atoms with E-state index in [1.54, 1.807) is 30.3 Å². The third-order valence-electron chi connectivity index (χ3n) is 5.47. The Morgan fingerprint density at radius 1 is 0.906 bits per heavy atom. The quantitative estimate of drug-likeness (QED) is 0.420. The second kappa shape index (κ2) is 8.05. The fraction of sp³-hybridized carbons (Fsp3) is 0.125. The topological polar surface area (TPSA) is 89.2 Å². The predicted molar refractivity (Wildman–Crippen MR) is 124 cm³/mol. The normalized spacial score (nSPS) is 12.8. The van der Waals surface area contributed by atoms with Crippen LogP contribution in [-0.4, -0.2) is 34.8 Å². The van der Waals surface area contributed by atoms with Crippen LogP contribution in [0.3, 0.4) is 0 Å². The maximum Gasteiger partial charge on any atom is 0.229 e.